The highest BCUT2D eigenvalue weighted by atomic mass is 32.2. The third-order valence-corrected chi connectivity index (χ3v) is 4.35. The first-order valence-electron chi connectivity index (χ1n) is 6.28. The number of nitrogens with one attached hydrogen (secondary N) is 1. The van der Waals surface area contributed by atoms with E-state index in [0.717, 1.165) is 6.07 Å². The summed E-state index contributed by atoms with van der Waals surface area (Å²) in [6.45, 7) is 0.777. The van der Waals surface area contributed by atoms with Crippen LogP contribution >= 0.6 is 0 Å². The van der Waals surface area contributed by atoms with Crippen LogP contribution in [0.5, 0.6) is 0 Å². The highest BCUT2D eigenvalue weighted by Crippen LogP contribution is 2.18. The molecule has 0 amide bonds. The summed E-state index contributed by atoms with van der Waals surface area (Å²) in [5, 5.41) is 8.57. The second kappa shape index (κ2) is 6.87. The Hall–Kier alpha value is -1.66. The highest BCUT2D eigenvalue weighted by molar-refractivity contribution is 7.90. The number of hydrogen-bond donors (Lipinski definition) is 2. The van der Waals surface area contributed by atoms with E-state index in [2.05, 4.69) is 16.6 Å². The number of halogens is 1. The molecule has 2 N–H and O–H groups in total. The van der Waals surface area contributed by atoms with Crippen LogP contribution in [0, 0.1) is 17.7 Å². The maximum absolute atomic E-state index is 13.9. The van der Waals surface area contributed by atoms with Gasteiger partial charge in [-0.25, -0.2) is 4.39 Å². The number of hydrogen-bond acceptors (Lipinski definition) is 4. The Morgan fingerprint density at radius 3 is 2.71 bits per heavy atom. The minimum atomic E-state index is -3.80. The summed E-state index contributed by atoms with van der Waals surface area (Å²) < 4.78 is 46.6. The van der Waals surface area contributed by atoms with E-state index in [9.17, 15) is 12.8 Å². The number of nitrogens with zero attached hydrogens (tertiary/aromatic N) is 1. The van der Waals surface area contributed by atoms with Crippen LogP contribution in [0.1, 0.15) is 5.56 Å². The molecule has 0 atom stereocenters. The molecule has 0 bridgehead atoms. The Balaban J connectivity index is 2.15. The maximum Gasteiger partial charge on any atom is 0.301 e. The fraction of sp³-hybridized carbons (Fsp3) is 0.385. The van der Waals surface area contributed by atoms with Crippen molar-refractivity contribution in [2.45, 2.75) is 0 Å². The van der Waals surface area contributed by atoms with Gasteiger partial charge in [-0.1, -0.05) is 11.8 Å². The lowest BCUT2D eigenvalue weighted by Crippen LogP contribution is -2.43. The molecule has 1 aromatic carbocycles. The molecule has 1 aliphatic rings. The zero-order valence-corrected chi connectivity index (χ0v) is 12.0. The van der Waals surface area contributed by atoms with Gasteiger partial charge in [0.1, 0.15) is 12.4 Å². The van der Waals surface area contributed by atoms with Crippen molar-refractivity contribution >= 4 is 15.9 Å². The summed E-state index contributed by atoms with van der Waals surface area (Å²) in [5.74, 6) is 4.21. The first kappa shape index (κ1) is 15.7. The van der Waals surface area contributed by atoms with Crippen LogP contribution in [0.25, 0.3) is 0 Å². The monoisotopic (exact) mass is 314 g/mol. The first-order chi connectivity index (χ1) is 10.0. The number of benzene rings is 1. The van der Waals surface area contributed by atoms with Crippen LogP contribution in [0.15, 0.2) is 18.2 Å². The Morgan fingerprint density at radius 1 is 1.38 bits per heavy atom. The zero-order chi connectivity index (χ0) is 15.3. The third-order valence-electron chi connectivity index (χ3n) is 2.83. The fourth-order valence-electron chi connectivity index (χ4n) is 1.81. The molecule has 0 radical (unpaired) electrons. The lowest BCUT2D eigenvalue weighted by molar-refractivity contribution is 0.0733. The molecule has 6 nitrogen and oxygen atoms in total. The lowest BCUT2D eigenvalue weighted by atomic mass is 10.2. The molecule has 1 aromatic rings. The molecular formula is C13H15FN2O4S. The average Bonchev–Trinajstić information content (AvgIpc) is 2.48. The van der Waals surface area contributed by atoms with Gasteiger partial charge >= 0.3 is 10.2 Å². The second-order valence-electron chi connectivity index (χ2n) is 4.27. The second-order valence-corrected chi connectivity index (χ2v) is 5.94. The smallest absolute Gasteiger partial charge is 0.301 e. The molecule has 0 unspecified atom stereocenters. The van der Waals surface area contributed by atoms with Crippen molar-refractivity contribution in [3.8, 4) is 11.8 Å². The van der Waals surface area contributed by atoms with Crippen molar-refractivity contribution < 1.29 is 22.7 Å². The molecule has 0 aliphatic carbocycles. The van der Waals surface area contributed by atoms with Crippen LogP contribution in [0.2, 0.25) is 0 Å². The van der Waals surface area contributed by atoms with Gasteiger partial charge in [0.15, 0.2) is 0 Å². The molecule has 1 heterocycles. The van der Waals surface area contributed by atoms with E-state index in [4.69, 9.17) is 9.84 Å². The number of morpholine rings is 1. The van der Waals surface area contributed by atoms with Crippen LogP contribution in [-0.4, -0.2) is 50.7 Å². The summed E-state index contributed by atoms with van der Waals surface area (Å²) in [4.78, 5) is 0. The van der Waals surface area contributed by atoms with Gasteiger partial charge in [-0.3, -0.25) is 4.72 Å². The average molecular weight is 314 g/mol. The topological polar surface area (TPSA) is 78.9 Å². The van der Waals surface area contributed by atoms with Gasteiger partial charge in [0.05, 0.1) is 18.9 Å². The number of ether oxygens (including phenoxy) is 1. The van der Waals surface area contributed by atoms with Gasteiger partial charge in [0, 0.05) is 18.7 Å². The van der Waals surface area contributed by atoms with E-state index in [-0.39, 0.29) is 25.4 Å². The third kappa shape index (κ3) is 4.15. The quantitative estimate of drug-likeness (QED) is 0.779. The molecule has 0 aromatic heterocycles. The van der Waals surface area contributed by atoms with Crippen molar-refractivity contribution in [2.75, 3.05) is 37.6 Å². The molecule has 21 heavy (non-hydrogen) atoms. The van der Waals surface area contributed by atoms with Crippen molar-refractivity contribution in [2.24, 2.45) is 0 Å². The predicted molar refractivity (Wildman–Crippen MR) is 75.3 cm³/mol. The fourth-order valence-corrected chi connectivity index (χ4v) is 3.01. The summed E-state index contributed by atoms with van der Waals surface area (Å²) in [5.41, 5.74) is 0.215. The summed E-state index contributed by atoms with van der Waals surface area (Å²) in [7, 11) is -3.80. The molecule has 1 fully saturated rings. The van der Waals surface area contributed by atoms with Crippen LogP contribution in [0.4, 0.5) is 10.1 Å². The van der Waals surface area contributed by atoms with E-state index in [1.54, 1.807) is 0 Å². The number of rotatable bonds is 3. The zero-order valence-electron chi connectivity index (χ0n) is 11.2. The normalized spacial score (nSPS) is 16.1. The molecule has 0 saturated carbocycles. The van der Waals surface area contributed by atoms with Crippen molar-refractivity contribution in [3.63, 3.8) is 0 Å². The standard InChI is InChI=1S/C13H15FN2O4S/c14-12-10-11(2-1-7-17)3-4-13(12)15-21(18,19)16-5-8-20-9-6-16/h3-4,10,15,17H,5-9H2. The Kier molecular flexibility index (Phi) is 5.14. The number of aliphatic hydroxyl groups excluding tert-OH is 1. The summed E-state index contributed by atoms with van der Waals surface area (Å²) in [6.07, 6.45) is 0. The van der Waals surface area contributed by atoms with Crippen molar-refractivity contribution in [1.29, 1.82) is 0 Å². The van der Waals surface area contributed by atoms with Gasteiger partial charge in [-0.05, 0) is 18.2 Å². The summed E-state index contributed by atoms with van der Waals surface area (Å²) >= 11 is 0. The first-order valence-corrected chi connectivity index (χ1v) is 7.72. The minimum Gasteiger partial charge on any atom is -0.384 e. The van der Waals surface area contributed by atoms with E-state index in [0.29, 0.717) is 18.8 Å². The molecule has 1 saturated heterocycles. The summed E-state index contributed by atoms with van der Waals surface area (Å²) in [6, 6.07) is 3.89. The predicted octanol–water partition coefficient (Wildman–Crippen LogP) is 0.158. The van der Waals surface area contributed by atoms with Crippen molar-refractivity contribution in [1.82, 2.24) is 4.31 Å². The van der Waals surface area contributed by atoms with E-state index < -0.39 is 16.0 Å². The lowest BCUT2D eigenvalue weighted by Gasteiger charge is -2.26. The molecule has 2 rings (SSSR count). The van der Waals surface area contributed by atoms with Gasteiger partial charge in [0.2, 0.25) is 0 Å². The van der Waals surface area contributed by atoms with E-state index in [1.165, 1.54) is 16.4 Å². The largest absolute Gasteiger partial charge is 0.384 e. The SMILES string of the molecule is O=S(=O)(Nc1ccc(C#CCO)cc1F)N1CCOCC1. The van der Waals surface area contributed by atoms with Crippen LogP contribution < -0.4 is 4.72 Å². The molecule has 0 spiro atoms. The molecular weight excluding hydrogens is 299 g/mol. The van der Waals surface area contributed by atoms with E-state index in [1.807, 2.05) is 0 Å². The molecule has 114 valence electrons. The van der Waals surface area contributed by atoms with Gasteiger partial charge in [0.25, 0.3) is 0 Å². The van der Waals surface area contributed by atoms with Gasteiger partial charge in [-0.2, -0.15) is 12.7 Å². The van der Waals surface area contributed by atoms with Crippen molar-refractivity contribution in [3.05, 3.63) is 29.6 Å². The van der Waals surface area contributed by atoms with Gasteiger partial charge < -0.3 is 9.84 Å². The Bertz CT molecular complexity index is 660. The van der Waals surface area contributed by atoms with E-state index >= 15 is 0 Å². The van der Waals surface area contributed by atoms with Crippen LogP contribution in [0.3, 0.4) is 0 Å². The Morgan fingerprint density at radius 2 is 2.10 bits per heavy atom. The van der Waals surface area contributed by atoms with Gasteiger partial charge in [-0.15, -0.1) is 0 Å². The maximum atomic E-state index is 13.9. The minimum absolute atomic E-state index is 0.143. The number of anilines is 1. The highest BCUT2D eigenvalue weighted by Gasteiger charge is 2.25. The molecule has 1 aliphatic heterocycles. The van der Waals surface area contributed by atoms with Crippen LogP contribution in [-0.2, 0) is 14.9 Å². The Labute approximate surface area is 122 Å². The number of aliphatic hydroxyl groups is 1. The molecule has 8 heteroatoms.